The van der Waals surface area contributed by atoms with E-state index in [-0.39, 0.29) is 22.2 Å². The van der Waals surface area contributed by atoms with Crippen LogP contribution in [0.25, 0.3) is 0 Å². The predicted molar refractivity (Wildman–Crippen MR) is 112 cm³/mol. The molecule has 0 radical (unpaired) electrons. The molecule has 0 saturated heterocycles. The number of nitrogens with one attached hydrogen (secondary N) is 2. The molecule has 0 aliphatic carbocycles. The maximum absolute atomic E-state index is 12.7. The van der Waals surface area contributed by atoms with Gasteiger partial charge >= 0.3 is 0 Å². The van der Waals surface area contributed by atoms with Crippen LogP contribution in [0.2, 0.25) is 10.0 Å². The Hall–Kier alpha value is -2.61. The maximum Gasteiger partial charge on any atom is 0.259 e. The Balaban J connectivity index is 1.74. The number of amides is 2. The number of halogens is 2. The lowest BCUT2D eigenvalue weighted by Crippen LogP contribution is -2.15. The van der Waals surface area contributed by atoms with E-state index in [0.717, 1.165) is 0 Å². The minimum absolute atomic E-state index is 0.227. The number of anilines is 2. The molecule has 2 aromatic carbocycles. The first-order valence-corrected chi connectivity index (χ1v) is 9.85. The van der Waals surface area contributed by atoms with Crippen molar-refractivity contribution in [3.63, 3.8) is 0 Å². The molecule has 28 heavy (non-hydrogen) atoms. The summed E-state index contributed by atoms with van der Waals surface area (Å²) < 4.78 is 5.47. The minimum atomic E-state index is -0.423. The van der Waals surface area contributed by atoms with Gasteiger partial charge in [0.25, 0.3) is 11.8 Å². The number of carbonyl (C=O) groups excluding carboxylic acids is 2. The standard InChI is InChI=1S/C19H15Cl2N3O3S/c1-2-27-16-14(9-12(20)10-15(16)21)18(26)23-13-5-3-11(4-6-13)17(25)24-19-22-7-8-28-19/h3-10H,2H2,1H3,(H,23,26)(H,22,24,25). The molecule has 6 nitrogen and oxygen atoms in total. The molecule has 2 N–H and O–H groups in total. The molecule has 0 aliphatic rings. The van der Waals surface area contributed by atoms with Gasteiger partial charge < -0.3 is 10.1 Å². The molecule has 0 aliphatic heterocycles. The van der Waals surface area contributed by atoms with Gasteiger partial charge in [-0.1, -0.05) is 23.2 Å². The molecule has 1 aromatic heterocycles. The first-order chi connectivity index (χ1) is 13.5. The van der Waals surface area contributed by atoms with Crippen molar-refractivity contribution in [1.29, 1.82) is 0 Å². The Labute approximate surface area is 175 Å². The second-order valence-electron chi connectivity index (χ2n) is 5.52. The number of aromatic nitrogens is 1. The van der Waals surface area contributed by atoms with Crippen LogP contribution in [0.15, 0.2) is 48.0 Å². The van der Waals surface area contributed by atoms with Gasteiger partial charge in [0.05, 0.1) is 17.2 Å². The van der Waals surface area contributed by atoms with E-state index in [1.54, 1.807) is 42.8 Å². The molecular formula is C19H15Cl2N3O3S. The third-order valence-corrected chi connectivity index (χ3v) is 4.79. The SMILES string of the molecule is CCOc1c(Cl)cc(Cl)cc1C(=O)Nc1ccc(C(=O)Nc2nccs2)cc1. The van der Waals surface area contributed by atoms with Crippen LogP contribution in [0.5, 0.6) is 5.75 Å². The van der Waals surface area contributed by atoms with Crippen LogP contribution in [0, 0.1) is 0 Å². The van der Waals surface area contributed by atoms with Crippen molar-refractivity contribution in [2.75, 3.05) is 17.2 Å². The van der Waals surface area contributed by atoms with Crippen LogP contribution in [0.1, 0.15) is 27.6 Å². The summed E-state index contributed by atoms with van der Waals surface area (Å²) in [6, 6.07) is 9.46. The average molecular weight is 436 g/mol. The Kier molecular flexibility index (Phi) is 6.51. The minimum Gasteiger partial charge on any atom is -0.491 e. The zero-order chi connectivity index (χ0) is 20.1. The monoisotopic (exact) mass is 435 g/mol. The number of hydrogen-bond donors (Lipinski definition) is 2. The summed E-state index contributed by atoms with van der Waals surface area (Å²) in [5.74, 6) is -0.438. The lowest BCUT2D eigenvalue weighted by Gasteiger charge is -2.13. The number of thiazole rings is 1. The van der Waals surface area contributed by atoms with E-state index < -0.39 is 5.91 Å². The van der Waals surface area contributed by atoms with Gasteiger partial charge in [0.1, 0.15) is 0 Å². The van der Waals surface area contributed by atoms with Gasteiger partial charge in [-0.2, -0.15) is 0 Å². The smallest absolute Gasteiger partial charge is 0.259 e. The van der Waals surface area contributed by atoms with Gasteiger partial charge in [-0.05, 0) is 43.3 Å². The van der Waals surface area contributed by atoms with Crippen LogP contribution >= 0.6 is 34.5 Å². The van der Waals surface area contributed by atoms with Crippen LogP contribution in [-0.4, -0.2) is 23.4 Å². The van der Waals surface area contributed by atoms with E-state index in [0.29, 0.717) is 28.0 Å². The van der Waals surface area contributed by atoms with Gasteiger partial charge in [-0.25, -0.2) is 4.98 Å². The molecule has 144 valence electrons. The fourth-order valence-electron chi connectivity index (χ4n) is 2.38. The van der Waals surface area contributed by atoms with E-state index in [1.165, 1.54) is 23.5 Å². The largest absolute Gasteiger partial charge is 0.491 e. The lowest BCUT2D eigenvalue weighted by atomic mass is 10.1. The predicted octanol–water partition coefficient (Wildman–Crippen LogP) is 5.35. The van der Waals surface area contributed by atoms with E-state index in [9.17, 15) is 9.59 Å². The molecule has 0 unspecified atom stereocenters. The number of ether oxygens (including phenoxy) is 1. The van der Waals surface area contributed by atoms with E-state index in [2.05, 4.69) is 15.6 Å². The summed E-state index contributed by atoms with van der Waals surface area (Å²) in [4.78, 5) is 28.8. The lowest BCUT2D eigenvalue weighted by molar-refractivity contribution is 0.101. The fraction of sp³-hybridized carbons (Fsp3) is 0.105. The highest BCUT2D eigenvalue weighted by molar-refractivity contribution is 7.13. The Bertz CT molecular complexity index is 992. The molecule has 0 bridgehead atoms. The molecule has 0 saturated carbocycles. The van der Waals surface area contributed by atoms with Crippen molar-refractivity contribution in [3.05, 3.63) is 69.1 Å². The molecule has 0 atom stereocenters. The highest BCUT2D eigenvalue weighted by atomic mass is 35.5. The van der Waals surface area contributed by atoms with Gasteiger partial charge in [-0.15, -0.1) is 11.3 Å². The van der Waals surface area contributed by atoms with Crippen LogP contribution in [0.3, 0.4) is 0 Å². The van der Waals surface area contributed by atoms with Crippen molar-refractivity contribution in [2.24, 2.45) is 0 Å². The van der Waals surface area contributed by atoms with Crippen molar-refractivity contribution in [2.45, 2.75) is 6.92 Å². The molecular weight excluding hydrogens is 421 g/mol. The number of nitrogens with zero attached hydrogens (tertiary/aromatic N) is 1. The van der Waals surface area contributed by atoms with Crippen molar-refractivity contribution in [1.82, 2.24) is 4.98 Å². The van der Waals surface area contributed by atoms with Crippen LogP contribution in [-0.2, 0) is 0 Å². The number of benzene rings is 2. The second kappa shape index (κ2) is 9.05. The summed E-state index contributed by atoms with van der Waals surface area (Å²) in [5, 5.41) is 8.31. The van der Waals surface area contributed by atoms with Crippen LogP contribution < -0.4 is 15.4 Å². The molecule has 0 fully saturated rings. The molecule has 1 heterocycles. The Morgan fingerprint density at radius 3 is 2.50 bits per heavy atom. The quantitative estimate of drug-likeness (QED) is 0.546. The second-order valence-corrected chi connectivity index (χ2v) is 7.26. The summed E-state index contributed by atoms with van der Waals surface area (Å²) in [6.45, 7) is 2.15. The summed E-state index contributed by atoms with van der Waals surface area (Å²) in [5.41, 5.74) is 1.17. The van der Waals surface area contributed by atoms with E-state index in [4.69, 9.17) is 27.9 Å². The van der Waals surface area contributed by atoms with Gasteiger partial charge in [0.2, 0.25) is 0 Å². The highest BCUT2D eigenvalue weighted by Crippen LogP contribution is 2.33. The highest BCUT2D eigenvalue weighted by Gasteiger charge is 2.18. The molecule has 3 rings (SSSR count). The van der Waals surface area contributed by atoms with Gasteiger partial charge in [-0.3, -0.25) is 14.9 Å². The molecule has 0 spiro atoms. The van der Waals surface area contributed by atoms with Gasteiger partial charge in [0, 0.05) is 27.9 Å². The Morgan fingerprint density at radius 2 is 1.86 bits per heavy atom. The maximum atomic E-state index is 12.7. The van der Waals surface area contributed by atoms with Gasteiger partial charge in [0.15, 0.2) is 10.9 Å². The normalized spacial score (nSPS) is 10.4. The summed E-state index contributed by atoms with van der Waals surface area (Å²) in [6.07, 6.45) is 1.61. The van der Waals surface area contributed by atoms with E-state index in [1.807, 2.05) is 0 Å². The third kappa shape index (κ3) is 4.81. The zero-order valence-electron chi connectivity index (χ0n) is 14.7. The van der Waals surface area contributed by atoms with E-state index >= 15 is 0 Å². The number of carbonyl (C=O) groups is 2. The van der Waals surface area contributed by atoms with Crippen molar-refractivity contribution >= 4 is 57.2 Å². The Morgan fingerprint density at radius 1 is 1.11 bits per heavy atom. The topological polar surface area (TPSA) is 80.3 Å². The molecule has 2 amide bonds. The number of rotatable bonds is 6. The zero-order valence-corrected chi connectivity index (χ0v) is 17.0. The molecule has 9 heteroatoms. The fourth-order valence-corrected chi connectivity index (χ4v) is 3.45. The third-order valence-electron chi connectivity index (χ3n) is 3.60. The van der Waals surface area contributed by atoms with Crippen molar-refractivity contribution in [3.8, 4) is 5.75 Å². The van der Waals surface area contributed by atoms with Crippen molar-refractivity contribution < 1.29 is 14.3 Å². The van der Waals surface area contributed by atoms with Crippen LogP contribution in [0.4, 0.5) is 10.8 Å². The average Bonchev–Trinajstić information content (AvgIpc) is 3.17. The molecule has 3 aromatic rings. The first-order valence-electron chi connectivity index (χ1n) is 8.22. The number of hydrogen-bond acceptors (Lipinski definition) is 5. The first kappa shape index (κ1) is 20.1. The summed E-state index contributed by atoms with van der Waals surface area (Å²) >= 11 is 13.5. The summed E-state index contributed by atoms with van der Waals surface area (Å²) in [7, 11) is 0.